The van der Waals surface area contributed by atoms with E-state index in [4.69, 9.17) is 0 Å². The van der Waals surface area contributed by atoms with Gasteiger partial charge in [0.05, 0.1) is 11.0 Å². The van der Waals surface area contributed by atoms with Gasteiger partial charge in [0.2, 0.25) is 0 Å². The molecule has 0 aliphatic rings. The number of benzene rings is 1. The summed E-state index contributed by atoms with van der Waals surface area (Å²) in [6, 6.07) is 8.05. The number of aryl methyl sites for hydroxylation is 2. The molecule has 0 amide bonds. The maximum absolute atomic E-state index is 11.0. The predicted octanol–water partition coefficient (Wildman–Crippen LogP) is 3.30. The van der Waals surface area contributed by atoms with Gasteiger partial charge in [0, 0.05) is 36.5 Å². The van der Waals surface area contributed by atoms with Crippen molar-refractivity contribution in [3.63, 3.8) is 0 Å². The number of nitrogens with one attached hydrogen (secondary N) is 1. The van der Waals surface area contributed by atoms with Crippen LogP contribution < -0.4 is 5.32 Å². The Morgan fingerprint density at radius 3 is 2.63 bits per heavy atom. The van der Waals surface area contributed by atoms with Crippen molar-refractivity contribution in [2.75, 3.05) is 5.32 Å². The SMILES string of the molecule is Cc1cc(N[C@H](c2nncn2C)C(C)C)nc(-c2cccc([N+](=O)[O-])c2)n1. The van der Waals surface area contributed by atoms with Crippen molar-refractivity contribution in [1.82, 2.24) is 24.7 Å². The van der Waals surface area contributed by atoms with Crippen molar-refractivity contribution in [2.45, 2.75) is 26.8 Å². The standard InChI is InChI=1S/C18H21N7O2/c1-11(2)16(18-23-19-10-24(18)4)21-15-8-12(3)20-17(22-15)13-6-5-7-14(9-13)25(26)27/h5-11,16H,1-4H3,(H,20,21,22)/t16-/m0/s1. The first-order valence-corrected chi connectivity index (χ1v) is 8.56. The fourth-order valence-corrected chi connectivity index (χ4v) is 2.79. The monoisotopic (exact) mass is 367 g/mol. The fourth-order valence-electron chi connectivity index (χ4n) is 2.79. The molecule has 0 spiro atoms. The minimum absolute atomic E-state index is 0.00579. The molecule has 2 aromatic heterocycles. The highest BCUT2D eigenvalue weighted by Crippen LogP contribution is 2.26. The molecule has 9 nitrogen and oxygen atoms in total. The van der Waals surface area contributed by atoms with Gasteiger partial charge < -0.3 is 9.88 Å². The third-order valence-corrected chi connectivity index (χ3v) is 4.16. The van der Waals surface area contributed by atoms with E-state index in [2.05, 4.69) is 39.3 Å². The average molecular weight is 367 g/mol. The Bertz CT molecular complexity index is 968. The number of anilines is 1. The van der Waals surface area contributed by atoms with Gasteiger partial charge in [-0.25, -0.2) is 9.97 Å². The van der Waals surface area contributed by atoms with E-state index in [1.165, 1.54) is 12.1 Å². The Labute approximate surface area is 156 Å². The summed E-state index contributed by atoms with van der Waals surface area (Å²) in [6.45, 7) is 6.03. The first kappa shape index (κ1) is 18.4. The molecule has 3 aromatic rings. The molecule has 0 fully saturated rings. The molecule has 0 aliphatic heterocycles. The largest absolute Gasteiger partial charge is 0.360 e. The van der Waals surface area contributed by atoms with Gasteiger partial charge in [0.1, 0.15) is 12.1 Å². The van der Waals surface area contributed by atoms with Crippen LogP contribution in [0.2, 0.25) is 0 Å². The van der Waals surface area contributed by atoms with Crippen LogP contribution in [0.3, 0.4) is 0 Å². The third-order valence-electron chi connectivity index (χ3n) is 4.16. The lowest BCUT2D eigenvalue weighted by Gasteiger charge is -2.22. The van der Waals surface area contributed by atoms with E-state index in [0.717, 1.165) is 11.5 Å². The summed E-state index contributed by atoms with van der Waals surface area (Å²) < 4.78 is 1.87. The number of hydrogen-bond acceptors (Lipinski definition) is 7. The summed E-state index contributed by atoms with van der Waals surface area (Å²) in [4.78, 5) is 19.6. The van der Waals surface area contributed by atoms with Crippen LogP contribution in [0.15, 0.2) is 36.7 Å². The van der Waals surface area contributed by atoms with Gasteiger partial charge in [-0.3, -0.25) is 10.1 Å². The van der Waals surface area contributed by atoms with Crippen molar-refractivity contribution in [3.8, 4) is 11.4 Å². The number of aromatic nitrogens is 5. The summed E-state index contributed by atoms with van der Waals surface area (Å²) in [5, 5.41) is 22.6. The van der Waals surface area contributed by atoms with E-state index in [0.29, 0.717) is 17.2 Å². The lowest BCUT2D eigenvalue weighted by Crippen LogP contribution is -2.21. The molecule has 1 aromatic carbocycles. The van der Waals surface area contributed by atoms with Crippen molar-refractivity contribution < 1.29 is 4.92 Å². The van der Waals surface area contributed by atoms with E-state index in [9.17, 15) is 10.1 Å². The molecule has 0 saturated heterocycles. The molecule has 0 unspecified atom stereocenters. The lowest BCUT2D eigenvalue weighted by atomic mass is 10.0. The minimum Gasteiger partial charge on any atom is -0.360 e. The van der Waals surface area contributed by atoms with Crippen molar-refractivity contribution in [1.29, 1.82) is 0 Å². The summed E-state index contributed by atoms with van der Waals surface area (Å²) in [6.07, 6.45) is 1.66. The van der Waals surface area contributed by atoms with Crippen LogP contribution in [-0.2, 0) is 7.05 Å². The highest BCUT2D eigenvalue weighted by Gasteiger charge is 2.21. The van der Waals surface area contributed by atoms with Crippen LogP contribution >= 0.6 is 0 Å². The fraction of sp³-hybridized carbons (Fsp3) is 0.333. The van der Waals surface area contributed by atoms with E-state index in [1.54, 1.807) is 18.5 Å². The second-order valence-corrected chi connectivity index (χ2v) is 6.69. The smallest absolute Gasteiger partial charge is 0.270 e. The Balaban J connectivity index is 1.97. The second kappa shape index (κ2) is 7.48. The number of rotatable bonds is 6. The van der Waals surface area contributed by atoms with Crippen molar-refractivity contribution in [2.24, 2.45) is 13.0 Å². The van der Waals surface area contributed by atoms with Gasteiger partial charge in [0.25, 0.3) is 5.69 Å². The first-order valence-electron chi connectivity index (χ1n) is 8.56. The number of nitrogens with zero attached hydrogens (tertiary/aromatic N) is 6. The summed E-state index contributed by atoms with van der Waals surface area (Å²) in [5.74, 6) is 2.11. The Morgan fingerprint density at radius 1 is 1.22 bits per heavy atom. The topological polar surface area (TPSA) is 112 Å². The van der Waals surface area contributed by atoms with E-state index in [-0.39, 0.29) is 17.6 Å². The molecule has 0 aliphatic carbocycles. The molecule has 1 atom stereocenters. The van der Waals surface area contributed by atoms with E-state index >= 15 is 0 Å². The number of nitro groups is 1. The number of hydrogen-bond donors (Lipinski definition) is 1. The van der Waals surface area contributed by atoms with Crippen molar-refractivity contribution >= 4 is 11.5 Å². The maximum atomic E-state index is 11.0. The van der Waals surface area contributed by atoms with Gasteiger partial charge in [0.15, 0.2) is 11.6 Å². The summed E-state index contributed by atoms with van der Waals surface area (Å²) in [7, 11) is 1.89. The summed E-state index contributed by atoms with van der Waals surface area (Å²) >= 11 is 0. The molecule has 1 N–H and O–H groups in total. The normalized spacial score (nSPS) is 12.2. The zero-order valence-corrected chi connectivity index (χ0v) is 15.6. The van der Waals surface area contributed by atoms with Crippen LogP contribution in [0.1, 0.15) is 31.4 Å². The van der Waals surface area contributed by atoms with Gasteiger partial charge in [-0.05, 0) is 12.8 Å². The quantitative estimate of drug-likeness (QED) is 0.525. The predicted molar refractivity (Wildman–Crippen MR) is 101 cm³/mol. The van der Waals surface area contributed by atoms with E-state index < -0.39 is 4.92 Å². The average Bonchev–Trinajstić information content (AvgIpc) is 3.04. The molecule has 0 bridgehead atoms. The molecular weight excluding hydrogens is 346 g/mol. The zero-order valence-electron chi connectivity index (χ0n) is 15.6. The van der Waals surface area contributed by atoms with Gasteiger partial charge in [-0.2, -0.15) is 0 Å². The Morgan fingerprint density at radius 2 is 2.00 bits per heavy atom. The zero-order chi connectivity index (χ0) is 19.6. The van der Waals surface area contributed by atoms with Crippen LogP contribution in [0.5, 0.6) is 0 Å². The third kappa shape index (κ3) is 4.08. The molecule has 0 radical (unpaired) electrons. The summed E-state index contributed by atoms with van der Waals surface area (Å²) in [5.41, 5.74) is 1.36. The maximum Gasteiger partial charge on any atom is 0.270 e. The molecular formula is C18H21N7O2. The minimum atomic E-state index is -0.429. The lowest BCUT2D eigenvalue weighted by molar-refractivity contribution is -0.384. The van der Waals surface area contributed by atoms with Gasteiger partial charge in [-0.15, -0.1) is 10.2 Å². The van der Waals surface area contributed by atoms with Crippen LogP contribution in [0, 0.1) is 23.0 Å². The highest BCUT2D eigenvalue weighted by atomic mass is 16.6. The van der Waals surface area contributed by atoms with Crippen LogP contribution in [-0.4, -0.2) is 29.7 Å². The molecule has 140 valence electrons. The van der Waals surface area contributed by atoms with Crippen molar-refractivity contribution in [3.05, 3.63) is 58.3 Å². The Hall–Kier alpha value is -3.36. The number of non-ortho nitro benzene ring substituents is 1. The molecule has 2 heterocycles. The molecule has 0 saturated carbocycles. The first-order chi connectivity index (χ1) is 12.8. The Kier molecular flexibility index (Phi) is 5.11. The van der Waals surface area contributed by atoms with Gasteiger partial charge >= 0.3 is 0 Å². The van der Waals surface area contributed by atoms with Crippen LogP contribution in [0.25, 0.3) is 11.4 Å². The van der Waals surface area contributed by atoms with E-state index in [1.807, 2.05) is 24.6 Å². The van der Waals surface area contributed by atoms with Gasteiger partial charge in [-0.1, -0.05) is 26.0 Å². The van der Waals surface area contributed by atoms with Crippen LogP contribution in [0.4, 0.5) is 11.5 Å². The molecule has 27 heavy (non-hydrogen) atoms. The highest BCUT2D eigenvalue weighted by molar-refractivity contribution is 5.61. The molecule has 3 rings (SSSR count). The molecule has 9 heteroatoms. The second-order valence-electron chi connectivity index (χ2n) is 6.69. The number of nitro benzene ring substituents is 1.